The Bertz CT molecular complexity index is 932. The molecule has 1 aliphatic heterocycles. The molecule has 0 saturated carbocycles. The van der Waals surface area contributed by atoms with Crippen molar-refractivity contribution in [1.82, 2.24) is 9.80 Å². The maximum absolute atomic E-state index is 11.1. The third-order valence-corrected chi connectivity index (χ3v) is 6.07. The summed E-state index contributed by atoms with van der Waals surface area (Å²) in [6, 6.07) is 3.67. The van der Waals surface area contributed by atoms with Crippen molar-refractivity contribution in [3.8, 4) is 17.2 Å². The molecule has 0 radical (unpaired) electrons. The first-order valence-electron chi connectivity index (χ1n) is 9.29. The molecule has 0 bridgehead atoms. The van der Waals surface area contributed by atoms with Gasteiger partial charge in [-0.25, -0.2) is 4.18 Å². The predicted molar refractivity (Wildman–Crippen MR) is 113 cm³/mol. The fourth-order valence-corrected chi connectivity index (χ4v) is 4.67. The summed E-state index contributed by atoms with van der Waals surface area (Å²) < 4.78 is 82.7. The van der Waals surface area contributed by atoms with Crippen LogP contribution < -0.4 is 73.3 Å². The zero-order valence-corrected chi connectivity index (χ0v) is 25.2. The molecule has 0 aliphatic carbocycles. The molecule has 1 aromatic rings. The number of hydrogen-bond acceptors (Lipinski definition) is 10. The molecule has 1 aromatic carbocycles. The van der Waals surface area contributed by atoms with Gasteiger partial charge < -0.3 is 17.1 Å². The third kappa shape index (κ3) is 11.3. The fraction of sp³-hybridized carbons (Fsp3) is 0.647. The summed E-state index contributed by atoms with van der Waals surface area (Å²) in [6.45, 7) is 2.66. The molecule has 1 saturated heterocycles. The van der Waals surface area contributed by atoms with E-state index in [1.54, 1.807) is 18.1 Å². The van der Waals surface area contributed by atoms with Crippen LogP contribution in [-0.4, -0.2) is 102 Å². The van der Waals surface area contributed by atoms with Gasteiger partial charge in [0, 0.05) is 44.8 Å². The molecule has 1 atom stereocenters. The van der Waals surface area contributed by atoms with Crippen molar-refractivity contribution >= 4 is 20.5 Å². The van der Waals surface area contributed by atoms with E-state index in [0.29, 0.717) is 50.0 Å². The van der Waals surface area contributed by atoms with E-state index in [0.717, 1.165) is 5.56 Å². The minimum atomic E-state index is -4.87. The van der Waals surface area contributed by atoms with E-state index >= 15 is 0 Å². The standard InChI is InChI=1S/C17H28N2O10S2.2Na.2H/c1-26-15-5-4-13(16(27-2)17(15)28-3)10-18-6-8-19(9-7-18)11-14(12-30(20,21)22)29-31(23,24)25;;;;/h4-5,14H,6-12H2,1-3H3,(H,20,21,22)(H,23,24,25);;;;/q;2*+1;2*-1. The minimum absolute atomic E-state index is 0. The van der Waals surface area contributed by atoms with E-state index in [-0.39, 0.29) is 68.5 Å². The molecule has 0 spiro atoms. The van der Waals surface area contributed by atoms with E-state index in [4.69, 9.17) is 23.3 Å². The van der Waals surface area contributed by atoms with Crippen LogP contribution in [0.4, 0.5) is 0 Å². The van der Waals surface area contributed by atoms with E-state index < -0.39 is 32.4 Å². The van der Waals surface area contributed by atoms with E-state index in [1.165, 1.54) is 14.2 Å². The average Bonchev–Trinajstić information content (AvgIpc) is 2.66. The molecule has 1 unspecified atom stereocenters. The number of ether oxygens (including phenoxy) is 3. The summed E-state index contributed by atoms with van der Waals surface area (Å²) in [7, 11) is -4.75. The molecule has 0 aromatic heterocycles. The van der Waals surface area contributed by atoms with Crippen molar-refractivity contribution in [2.24, 2.45) is 0 Å². The van der Waals surface area contributed by atoms with Gasteiger partial charge in [-0.1, -0.05) is 6.07 Å². The Morgan fingerprint density at radius 2 is 1.45 bits per heavy atom. The summed E-state index contributed by atoms with van der Waals surface area (Å²) in [4.78, 5) is 3.94. The molecule has 16 heteroatoms. The first-order chi connectivity index (χ1) is 14.5. The quantitative estimate of drug-likeness (QED) is 0.206. The van der Waals surface area contributed by atoms with Gasteiger partial charge in [0.25, 0.3) is 10.1 Å². The molecule has 33 heavy (non-hydrogen) atoms. The Hall–Kier alpha value is 0.320. The van der Waals surface area contributed by atoms with Gasteiger partial charge in [0.1, 0.15) is 11.9 Å². The van der Waals surface area contributed by atoms with Crippen LogP contribution in [-0.2, 0) is 31.2 Å². The molecule has 1 heterocycles. The first-order valence-corrected chi connectivity index (χ1v) is 12.3. The number of hydrogen-bond donors (Lipinski definition) is 2. The molecular weight excluding hydrogens is 502 g/mol. The second kappa shape index (κ2) is 14.8. The van der Waals surface area contributed by atoms with Gasteiger partial charge in [0.15, 0.2) is 11.5 Å². The van der Waals surface area contributed by atoms with Gasteiger partial charge in [-0.05, 0) is 6.07 Å². The molecule has 12 nitrogen and oxygen atoms in total. The van der Waals surface area contributed by atoms with Crippen molar-refractivity contribution in [2.75, 3.05) is 59.8 Å². The Labute approximate surface area is 242 Å². The van der Waals surface area contributed by atoms with Gasteiger partial charge in [-0.15, -0.1) is 0 Å². The summed E-state index contributed by atoms with van der Waals surface area (Å²) in [5.74, 6) is 0.669. The Morgan fingerprint density at radius 3 is 1.91 bits per heavy atom. The second-order valence-corrected chi connectivity index (χ2v) is 9.51. The largest absolute Gasteiger partial charge is 1.00 e. The SMILES string of the molecule is COc1ccc(CN2CCN(CC(CS(=O)(=O)O)OS(=O)(=O)O)CC2)c(OC)c1OC.[H-].[H-].[Na+].[Na+]. The molecular formula is C17H30N2Na2O10S2. The zero-order chi connectivity index (χ0) is 23.2. The summed E-state index contributed by atoms with van der Waals surface area (Å²) in [5, 5.41) is 0. The van der Waals surface area contributed by atoms with E-state index in [9.17, 15) is 16.8 Å². The van der Waals surface area contributed by atoms with Crippen LogP contribution in [0.15, 0.2) is 12.1 Å². The molecule has 2 N–H and O–H groups in total. The molecule has 182 valence electrons. The van der Waals surface area contributed by atoms with Crippen LogP contribution in [0.1, 0.15) is 8.42 Å². The maximum Gasteiger partial charge on any atom is 1.00 e. The number of methoxy groups -OCH3 is 3. The Kier molecular flexibility index (Phi) is 14.9. The minimum Gasteiger partial charge on any atom is -1.00 e. The van der Waals surface area contributed by atoms with Crippen molar-refractivity contribution in [3.05, 3.63) is 17.7 Å². The molecule has 0 amide bonds. The summed E-state index contributed by atoms with van der Waals surface area (Å²) in [5.41, 5.74) is 0.896. The van der Waals surface area contributed by atoms with Crippen LogP contribution in [0.25, 0.3) is 0 Å². The fourth-order valence-electron chi connectivity index (χ4n) is 3.46. The van der Waals surface area contributed by atoms with Crippen LogP contribution in [0, 0.1) is 0 Å². The number of piperazine rings is 1. The topological polar surface area (TPSA) is 152 Å². The number of rotatable bonds is 11. The van der Waals surface area contributed by atoms with Crippen LogP contribution >= 0.6 is 0 Å². The van der Waals surface area contributed by atoms with Gasteiger partial charge in [-0.3, -0.25) is 18.9 Å². The number of nitrogens with zero attached hydrogens (tertiary/aromatic N) is 2. The average molecular weight is 533 g/mol. The van der Waals surface area contributed by atoms with Gasteiger partial charge >= 0.3 is 69.5 Å². The smallest absolute Gasteiger partial charge is 1.00 e. The van der Waals surface area contributed by atoms with Crippen molar-refractivity contribution in [2.45, 2.75) is 12.6 Å². The predicted octanol–water partition coefficient (Wildman–Crippen LogP) is -5.86. The third-order valence-electron chi connectivity index (χ3n) is 4.76. The normalized spacial score (nSPS) is 16.3. The molecule has 1 aliphatic rings. The van der Waals surface area contributed by atoms with Crippen molar-refractivity contribution in [1.29, 1.82) is 0 Å². The maximum atomic E-state index is 11.1. The zero-order valence-electron chi connectivity index (χ0n) is 21.6. The Balaban J connectivity index is -0.00000256. The van der Waals surface area contributed by atoms with Crippen molar-refractivity contribution < 1.29 is 106 Å². The van der Waals surface area contributed by atoms with Gasteiger partial charge in [0.05, 0.1) is 21.3 Å². The van der Waals surface area contributed by atoms with E-state index in [2.05, 4.69) is 9.08 Å². The monoisotopic (exact) mass is 532 g/mol. The number of benzene rings is 1. The van der Waals surface area contributed by atoms with Gasteiger partial charge in [0.2, 0.25) is 5.75 Å². The van der Waals surface area contributed by atoms with Crippen LogP contribution in [0.5, 0.6) is 17.2 Å². The van der Waals surface area contributed by atoms with E-state index in [1.807, 2.05) is 6.07 Å². The Morgan fingerprint density at radius 1 is 0.909 bits per heavy atom. The molecule has 1 fully saturated rings. The second-order valence-electron chi connectivity index (χ2n) is 6.96. The summed E-state index contributed by atoms with van der Waals surface area (Å²) in [6.07, 6.45) is -1.43. The summed E-state index contributed by atoms with van der Waals surface area (Å²) >= 11 is 0. The van der Waals surface area contributed by atoms with Crippen LogP contribution in [0.3, 0.4) is 0 Å². The van der Waals surface area contributed by atoms with Gasteiger partial charge in [-0.2, -0.15) is 16.8 Å². The van der Waals surface area contributed by atoms with Crippen LogP contribution in [0.2, 0.25) is 0 Å². The van der Waals surface area contributed by atoms with Crippen molar-refractivity contribution in [3.63, 3.8) is 0 Å². The molecule has 2 rings (SSSR count). The first kappa shape index (κ1) is 33.3.